The summed E-state index contributed by atoms with van der Waals surface area (Å²) in [4.78, 5) is 71.1. The van der Waals surface area contributed by atoms with Gasteiger partial charge in [0, 0.05) is 50.6 Å². The van der Waals surface area contributed by atoms with E-state index >= 15 is 0 Å². The van der Waals surface area contributed by atoms with E-state index in [0.29, 0.717) is 10.8 Å². The molecule has 5 heterocycles. The highest BCUT2D eigenvalue weighted by molar-refractivity contribution is 7.13. The molecule has 1 saturated heterocycles. The third-order valence-electron chi connectivity index (χ3n) is 7.40. The molecule has 2 fully saturated rings. The number of amides is 1. The fraction of sp³-hybridized carbons (Fsp3) is 0.440. The lowest BCUT2D eigenvalue weighted by Gasteiger charge is -2.17. The number of thiazole rings is 1. The van der Waals surface area contributed by atoms with Gasteiger partial charge < -0.3 is 19.5 Å². The van der Waals surface area contributed by atoms with Gasteiger partial charge >= 0.3 is 5.69 Å². The normalized spacial score (nSPS) is 18.6. The first-order chi connectivity index (χ1) is 19.2. The average molecular weight is 566 g/mol. The van der Waals surface area contributed by atoms with Crippen molar-refractivity contribution >= 4 is 46.0 Å². The van der Waals surface area contributed by atoms with E-state index in [9.17, 15) is 19.2 Å². The summed E-state index contributed by atoms with van der Waals surface area (Å²) in [6, 6.07) is -0.877. The maximum absolute atomic E-state index is 13.2. The number of methoxy groups -OCH3 is 1. The molecule has 4 aromatic heterocycles. The van der Waals surface area contributed by atoms with E-state index in [2.05, 4.69) is 30.2 Å². The van der Waals surface area contributed by atoms with Crippen LogP contribution in [0.3, 0.4) is 0 Å². The molecule has 208 valence electrons. The summed E-state index contributed by atoms with van der Waals surface area (Å²) in [5, 5.41) is 5.15. The van der Waals surface area contributed by atoms with Crippen LogP contribution >= 0.6 is 11.3 Å². The van der Waals surface area contributed by atoms with Crippen molar-refractivity contribution in [2.24, 2.45) is 18.9 Å². The van der Waals surface area contributed by atoms with E-state index in [1.54, 1.807) is 24.7 Å². The first kappa shape index (κ1) is 26.0. The van der Waals surface area contributed by atoms with Crippen LogP contribution in [0.25, 0.3) is 21.7 Å². The van der Waals surface area contributed by atoms with Crippen LogP contribution in [0.5, 0.6) is 0 Å². The predicted octanol–water partition coefficient (Wildman–Crippen LogP) is 0.682. The fourth-order valence-electron chi connectivity index (χ4n) is 5.08. The second kappa shape index (κ2) is 10.1. The minimum absolute atomic E-state index is 0.0291. The van der Waals surface area contributed by atoms with Gasteiger partial charge in [0.1, 0.15) is 23.5 Å². The molecule has 4 aromatic rings. The highest BCUT2D eigenvalue weighted by Crippen LogP contribution is 2.45. The van der Waals surface area contributed by atoms with Gasteiger partial charge in [-0.05, 0) is 25.2 Å². The molecule has 0 spiro atoms. The molecule has 3 atom stereocenters. The van der Waals surface area contributed by atoms with Crippen molar-refractivity contribution in [3.05, 3.63) is 44.9 Å². The minimum atomic E-state index is -0.877. The Labute approximate surface area is 231 Å². The second-order valence-corrected chi connectivity index (χ2v) is 11.0. The van der Waals surface area contributed by atoms with Crippen LogP contribution in [0.15, 0.2) is 33.7 Å². The Balaban J connectivity index is 1.19. The Bertz CT molecular complexity index is 1730. The number of piperidine rings is 1. The lowest BCUT2D eigenvalue weighted by molar-refractivity contribution is -0.123. The number of ketones is 1. The maximum atomic E-state index is 13.2. The lowest BCUT2D eigenvalue weighted by Crippen LogP contribution is -2.42. The Morgan fingerprint density at radius 1 is 1.18 bits per heavy atom. The third kappa shape index (κ3) is 4.60. The van der Waals surface area contributed by atoms with Gasteiger partial charge in [-0.15, -0.1) is 11.3 Å². The van der Waals surface area contributed by atoms with Crippen LogP contribution in [-0.4, -0.2) is 72.1 Å². The van der Waals surface area contributed by atoms with Crippen molar-refractivity contribution in [2.75, 3.05) is 37.0 Å². The zero-order valence-corrected chi connectivity index (χ0v) is 22.9. The van der Waals surface area contributed by atoms with Gasteiger partial charge in [0.05, 0.1) is 12.9 Å². The molecular formula is C25H27N9O5S. The standard InChI is InChI=1S/C25H27N9O5S/c1-13(34-12-28-20-19(34)23(37)33(25(38)31(20)2)9-17(35)10-39-3)21(36)29-18-11-40-22(30-18)16-5-26-24(27-6-16)32-7-14-4-15(14)8-32/h5-6,11-15H,4,7-10H2,1-3H3,(H,29,36)/t13-,14?,15?/m0/s1. The third-order valence-corrected chi connectivity index (χ3v) is 8.29. The second-order valence-electron chi connectivity index (χ2n) is 10.2. The van der Waals surface area contributed by atoms with E-state index in [1.165, 1.54) is 47.4 Å². The molecule has 0 radical (unpaired) electrons. The van der Waals surface area contributed by atoms with Crippen molar-refractivity contribution in [2.45, 2.75) is 25.9 Å². The minimum Gasteiger partial charge on any atom is -0.377 e. The fourth-order valence-corrected chi connectivity index (χ4v) is 5.81. The smallest absolute Gasteiger partial charge is 0.332 e. The average Bonchev–Trinajstić information content (AvgIpc) is 3.33. The van der Waals surface area contributed by atoms with Crippen molar-refractivity contribution in [3.8, 4) is 10.6 Å². The topological polar surface area (TPSA) is 159 Å². The number of rotatable bonds is 9. The summed E-state index contributed by atoms with van der Waals surface area (Å²) in [5.41, 5.74) is -0.521. The van der Waals surface area contributed by atoms with Gasteiger partial charge in [-0.3, -0.25) is 23.5 Å². The van der Waals surface area contributed by atoms with Crippen molar-refractivity contribution < 1.29 is 14.3 Å². The van der Waals surface area contributed by atoms with Crippen LogP contribution in [0.4, 0.5) is 11.8 Å². The summed E-state index contributed by atoms with van der Waals surface area (Å²) < 4.78 is 8.18. The van der Waals surface area contributed by atoms with Crippen molar-refractivity contribution in [3.63, 3.8) is 0 Å². The highest BCUT2D eigenvalue weighted by atomic mass is 32.1. The van der Waals surface area contributed by atoms with Crippen LogP contribution in [0, 0.1) is 11.8 Å². The van der Waals surface area contributed by atoms with E-state index < -0.39 is 35.5 Å². The Morgan fingerprint density at radius 2 is 1.90 bits per heavy atom. The van der Waals surface area contributed by atoms with E-state index in [4.69, 9.17) is 4.74 Å². The number of aryl methyl sites for hydroxylation is 1. The highest BCUT2D eigenvalue weighted by Gasteiger charge is 2.45. The molecule has 2 unspecified atom stereocenters. The molecule has 1 amide bonds. The van der Waals surface area contributed by atoms with Crippen LogP contribution < -0.4 is 21.5 Å². The number of nitrogens with one attached hydrogen (secondary N) is 1. The number of nitrogens with zero attached hydrogens (tertiary/aromatic N) is 8. The van der Waals surface area contributed by atoms with Gasteiger partial charge in [-0.25, -0.2) is 24.7 Å². The zero-order valence-electron chi connectivity index (χ0n) is 22.1. The SMILES string of the molecule is COCC(=O)Cn1c(=O)c2c(ncn2[C@@H](C)C(=O)Nc2csc(-c3cnc(N4CC5CC5C4)nc3)n2)n(C)c1=O. The molecule has 14 nitrogen and oxygen atoms in total. The van der Waals surface area contributed by atoms with Gasteiger partial charge in [-0.1, -0.05) is 0 Å². The molecule has 1 aliphatic carbocycles. The summed E-state index contributed by atoms with van der Waals surface area (Å²) in [5.74, 6) is 1.76. The molecule has 40 heavy (non-hydrogen) atoms. The Hall–Kier alpha value is -4.24. The number of fused-ring (bicyclic) bond motifs is 2. The summed E-state index contributed by atoms with van der Waals surface area (Å²) in [6.07, 6.45) is 6.12. The number of ether oxygens (including phenoxy) is 1. The molecule has 0 bridgehead atoms. The number of hydrogen-bond acceptors (Lipinski definition) is 11. The first-order valence-electron chi connectivity index (χ1n) is 12.8. The largest absolute Gasteiger partial charge is 0.377 e. The Morgan fingerprint density at radius 3 is 2.60 bits per heavy atom. The molecule has 6 rings (SSSR count). The molecule has 1 aliphatic heterocycles. The van der Waals surface area contributed by atoms with Crippen molar-refractivity contribution in [1.82, 2.24) is 33.6 Å². The summed E-state index contributed by atoms with van der Waals surface area (Å²) in [6.45, 7) is 2.93. The number of carbonyl (C=O) groups excluding carboxylic acids is 2. The van der Waals surface area contributed by atoms with Crippen LogP contribution in [0.2, 0.25) is 0 Å². The lowest BCUT2D eigenvalue weighted by atomic mass is 10.3. The number of carbonyl (C=O) groups is 2. The van der Waals surface area contributed by atoms with Crippen molar-refractivity contribution in [1.29, 1.82) is 0 Å². The number of Topliss-reactive ketones (excluding diaryl/α,β-unsaturated/α-hetero) is 1. The number of hydrogen-bond donors (Lipinski definition) is 1. The predicted molar refractivity (Wildman–Crippen MR) is 146 cm³/mol. The molecular weight excluding hydrogens is 538 g/mol. The maximum Gasteiger partial charge on any atom is 0.332 e. The van der Waals surface area contributed by atoms with E-state index in [-0.39, 0.29) is 17.8 Å². The molecule has 0 aromatic carbocycles. The van der Waals surface area contributed by atoms with E-state index in [1.807, 2.05) is 0 Å². The Kier molecular flexibility index (Phi) is 6.54. The summed E-state index contributed by atoms with van der Waals surface area (Å²) >= 11 is 1.35. The number of imidazole rings is 1. The number of aromatic nitrogens is 7. The van der Waals surface area contributed by atoms with Crippen LogP contribution in [-0.2, 0) is 27.9 Å². The first-order valence-corrected chi connectivity index (χ1v) is 13.6. The monoisotopic (exact) mass is 565 g/mol. The molecule has 15 heteroatoms. The number of anilines is 2. The molecule has 2 aliphatic rings. The quantitative estimate of drug-likeness (QED) is 0.306. The van der Waals surface area contributed by atoms with Gasteiger partial charge in [0.25, 0.3) is 5.56 Å². The van der Waals surface area contributed by atoms with E-state index in [0.717, 1.165) is 41.0 Å². The molecule has 1 saturated carbocycles. The van der Waals surface area contributed by atoms with Gasteiger partial charge in [-0.2, -0.15) is 0 Å². The van der Waals surface area contributed by atoms with Gasteiger partial charge in [0.2, 0.25) is 11.9 Å². The van der Waals surface area contributed by atoms with Gasteiger partial charge in [0.15, 0.2) is 16.9 Å². The summed E-state index contributed by atoms with van der Waals surface area (Å²) in [7, 11) is 2.80. The molecule has 1 N–H and O–H groups in total. The zero-order chi connectivity index (χ0) is 28.1. The van der Waals surface area contributed by atoms with Crippen LogP contribution in [0.1, 0.15) is 19.4 Å².